The summed E-state index contributed by atoms with van der Waals surface area (Å²) in [6.07, 6.45) is 11.0. The van der Waals surface area contributed by atoms with Crippen molar-refractivity contribution >= 4 is 0 Å². The van der Waals surface area contributed by atoms with Crippen molar-refractivity contribution in [2.24, 2.45) is 17.6 Å². The van der Waals surface area contributed by atoms with E-state index in [4.69, 9.17) is 5.73 Å². The molecule has 108 valence electrons. The molecule has 18 heavy (non-hydrogen) atoms. The van der Waals surface area contributed by atoms with Crippen LogP contribution in [0, 0.1) is 11.8 Å². The van der Waals surface area contributed by atoms with Gasteiger partial charge in [-0.05, 0) is 76.9 Å². The van der Waals surface area contributed by atoms with Crippen LogP contribution in [0.25, 0.3) is 0 Å². The van der Waals surface area contributed by atoms with Crippen molar-refractivity contribution in [1.29, 1.82) is 0 Å². The number of hydrogen-bond donors (Lipinski definition) is 1. The Labute approximate surface area is 114 Å². The van der Waals surface area contributed by atoms with Crippen LogP contribution in [0.4, 0.5) is 0 Å². The molecule has 1 aliphatic carbocycles. The summed E-state index contributed by atoms with van der Waals surface area (Å²) in [7, 11) is 2.32. The van der Waals surface area contributed by atoms with Crippen LogP contribution in [0.3, 0.4) is 0 Å². The average Bonchev–Trinajstić information content (AvgIpc) is 2.39. The molecular weight excluding hydrogens is 220 g/mol. The van der Waals surface area contributed by atoms with Crippen molar-refractivity contribution in [3.8, 4) is 0 Å². The van der Waals surface area contributed by atoms with Crippen molar-refractivity contribution in [1.82, 2.24) is 4.90 Å². The molecule has 0 aromatic carbocycles. The van der Waals surface area contributed by atoms with Gasteiger partial charge in [0.1, 0.15) is 0 Å². The Morgan fingerprint density at radius 3 is 2.39 bits per heavy atom. The quantitative estimate of drug-likeness (QED) is 0.716. The molecule has 0 aromatic rings. The van der Waals surface area contributed by atoms with Gasteiger partial charge in [-0.15, -0.1) is 0 Å². The minimum atomic E-state index is 0.805. The van der Waals surface area contributed by atoms with Crippen molar-refractivity contribution in [3.63, 3.8) is 0 Å². The van der Waals surface area contributed by atoms with Crippen LogP contribution in [0.15, 0.2) is 0 Å². The maximum atomic E-state index is 5.59. The molecule has 0 radical (unpaired) electrons. The normalized spacial score (nSPS) is 26.5. The molecular formula is C16H34N2. The van der Waals surface area contributed by atoms with Crippen LogP contribution < -0.4 is 5.73 Å². The molecule has 0 heterocycles. The summed E-state index contributed by atoms with van der Waals surface area (Å²) in [5, 5.41) is 0. The largest absolute Gasteiger partial charge is 0.330 e. The van der Waals surface area contributed by atoms with E-state index in [-0.39, 0.29) is 0 Å². The summed E-state index contributed by atoms with van der Waals surface area (Å²) in [5.74, 6) is 1.82. The lowest BCUT2D eigenvalue weighted by molar-refractivity contribution is 0.159. The van der Waals surface area contributed by atoms with Crippen molar-refractivity contribution < 1.29 is 0 Å². The molecule has 2 N–H and O–H groups in total. The second kappa shape index (κ2) is 8.92. The summed E-state index contributed by atoms with van der Waals surface area (Å²) in [5.41, 5.74) is 5.59. The molecule has 1 aliphatic rings. The molecule has 0 spiro atoms. The Balaban J connectivity index is 2.11. The molecule has 0 aliphatic heterocycles. The van der Waals surface area contributed by atoms with Gasteiger partial charge in [-0.3, -0.25) is 0 Å². The van der Waals surface area contributed by atoms with Crippen LogP contribution in [-0.4, -0.2) is 31.1 Å². The first kappa shape index (κ1) is 16.0. The highest BCUT2D eigenvalue weighted by molar-refractivity contribution is 4.77. The summed E-state index contributed by atoms with van der Waals surface area (Å²) >= 11 is 0. The van der Waals surface area contributed by atoms with Gasteiger partial charge in [-0.1, -0.05) is 20.3 Å². The molecule has 0 bridgehead atoms. The highest BCUT2D eigenvalue weighted by Gasteiger charge is 2.22. The Morgan fingerprint density at radius 2 is 1.83 bits per heavy atom. The van der Waals surface area contributed by atoms with E-state index in [1.54, 1.807) is 0 Å². The predicted octanol–water partition coefficient (Wildman–Crippen LogP) is 3.65. The topological polar surface area (TPSA) is 29.3 Å². The van der Waals surface area contributed by atoms with Gasteiger partial charge in [0.2, 0.25) is 0 Å². The maximum absolute atomic E-state index is 5.59. The van der Waals surface area contributed by atoms with Crippen molar-refractivity contribution in [3.05, 3.63) is 0 Å². The third-order valence-corrected chi connectivity index (χ3v) is 4.88. The third-order valence-electron chi connectivity index (χ3n) is 4.88. The average molecular weight is 254 g/mol. The molecule has 1 saturated carbocycles. The SMILES string of the molecule is CCC1CCC(N(C)CCCC(C)CCN)CC1. The van der Waals surface area contributed by atoms with Gasteiger partial charge >= 0.3 is 0 Å². The Bertz CT molecular complexity index is 197. The monoisotopic (exact) mass is 254 g/mol. The molecule has 0 amide bonds. The molecule has 0 aromatic heterocycles. The summed E-state index contributed by atoms with van der Waals surface area (Å²) in [6.45, 7) is 6.79. The number of nitrogens with two attached hydrogens (primary N) is 1. The number of nitrogens with zero attached hydrogens (tertiary/aromatic N) is 1. The van der Waals surface area contributed by atoms with E-state index in [9.17, 15) is 0 Å². The standard InChI is InChI=1S/C16H34N2/c1-4-15-7-9-16(10-8-15)18(3)13-5-6-14(2)11-12-17/h14-16H,4-13,17H2,1-3H3. The van der Waals surface area contributed by atoms with Crippen LogP contribution in [-0.2, 0) is 0 Å². The van der Waals surface area contributed by atoms with Crippen molar-refractivity contribution in [2.45, 2.75) is 71.3 Å². The molecule has 1 rings (SSSR count). The van der Waals surface area contributed by atoms with E-state index < -0.39 is 0 Å². The number of hydrogen-bond acceptors (Lipinski definition) is 2. The van der Waals surface area contributed by atoms with Gasteiger partial charge in [0.05, 0.1) is 0 Å². The Hall–Kier alpha value is -0.0800. The number of rotatable bonds is 8. The van der Waals surface area contributed by atoms with Gasteiger partial charge in [0.15, 0.2) is 0 Å². The van der Waals surface area contributed by atoms with E-state index >= 15 is 0 Å². The highest BCUT2D eigenvalue weighted by Crippen LogP contribution is 2.29. The van der Waals surface area contributed by atoms with Gasteiger partial charge in [-0.2, -0.15) is 0 Å². The van der Waals surface area contributed by atoms with Gasteiger partial charge in [0.25, 0.3) is 0 Å². The zero-order valence-electron chi connectivity index (χ0n) is 12.8. The summed E-state index contributed by atoms with van der Waals surface area (Å²) < 4.78 is 0. The molecule has 2 heteroatoms. The van der Waals surface area contributed by atoms with E-state index in [0.29, 0.717) is 0 Å². The molecule has 0 saturated heterocycles. The van der Waals surface area contributed by atoms with Gasteiger partial charge in [0, 0.05) is 6.04 Å². The van der Waals surface area contributed by atoms with Gasteiger partial charge in [-0.25, -0.2) is 0 Å². The summed E-state index contributed by atoms with van der Waals surface area (Å²) in [4.78, 5) is 2.61. The first-order valence-corrected chi connectivity index (χ1v) is 8.07. The van der Waals surface area contributed by atoms with Gasteiger partial charge < -0.3 is 10.6 Å². The predicted molar refractivity (Wildman–Crippen MR) is 80.7 cm³/mol. The zero-order chi connectivity index (χ0) is 13.4. The first-order chi connectivity index (χ1) is 8.67. The van der Waals surface area contributed by atoms with E-state index in [0.717, 1.165) is 24.4 Å². The lowest BCUT2D eigenvalue weighted by Gasteiger charge is -2.34. The van der Waals surface area contributed by atoms with Crippen LogP contribution in [0.2, 0.25) is 0 Å². The minimum absolute atomic E-state index is 0.805. The lowest BCUT2D eigenvalue weighted by Crippen LogP contribution is -2.35. The molecule has 1 fully saturated rings. The Morgan fingerprint density at radius 1 is 1.17 bits per heavy atom. The minimum Gasteiger partial charge on any atom is -0.330 e. The highest BCUT2D eigenvalue weighted by atomic mass is 15.1. The maximum Gasteiger partial charge on any atom is 0.00924 e. The second-order valence-corrected chi connectivity index (χ2v) is 6.39. The van der Waals surface area contributed by atoms with E-state index in [2.05, 4.69) is 25.8 Å². The smallest absolute Gasteiger partial charge is 0.00924 e. The fourth-order valence-electron chi connectivity index (χ4n) is 3.29. The Kier molecular flexibility index (Phi) is 7.92. The second-order valence-electron chi connectivity index (χ2n) is 6.39. The van der Waals surface area contributed by atoms with Crippen LogP contribution in [0.5, 0.6) is 0 Å². The van der Waals surface area contributed by atoms with Crippen LogP contribution >= 0.6 is 0 Å². The summed E-state index contributed by atoms with van der Waals surface area (Å²) in [6, 6.07) is 0.859. The fraction of sp³-hybridized carbons (Fsp3) is 1.00. The first-order valence-electron chi connectivity index (χ1n) is 8.07. The van der Waals surface area contributed by atoms with Crippen molar-refractivity contribution in [2.75, 3.05) is 20.1 Å². The fourth-order valence-corrected chi connectivity index (χ4v) is 3.29. The third kappa shape index (κ3) is 5.71. The molecule has 2 nitrogen and oxygen atoms in total. The zero-order valence-corrected chi connectivity index (χ0v) is 12.8. The lowest BCUT2D eigenvalue weighted by atomic mass is 9.84. The van der Waals surface area contributed by atoms with E-state index in [1.165, 1.54) is 57.9 Å². The van der Waals surface area contributed by atoms with Crippen LogP contribution in [0.1, 0.15) is 65.2 Å². The molecule has 1 atom stereocenters. The molecule has 1 unspecified atom stereocenters. The van der Waals surface area contributed by atoms with E-state index in [1.807, 2.05) is 0 Å².